The monoisotopic (exact) mass is 147 g/mol. The summed E-state index contributed by atoms with van der Waals surface area (Å²) in [6, 6.07) is 0. The summed E-state index contributed by atoms with van der Waals surface area (Å²) in [7, 11) is 3.02. The molecule has 0 saturated heterocycles. The zero-order valence-electron chi connectivity index (χ0n) is 6.07. The third-order valence-electron chi connectivity index (χ3n) is 0.919. The van der Waals surface area contributed by atoms with E-state index in [1.54, 1.807) is 0 Å². The Labute approximate surface area is 60.1 Å². The minimum Gasteiger partial charge on any atom is -0.465 e. The highest BCUT2D eigenvalue weighted by Crippen LogP contribution is 1.95. The second kappa shape index (κ2) is 6.51. The van der Waals surface area contributed by atoms with Crippen molar-refractivity contribution in [2.75, 3.05) is 20.8 Å². The molecule has 0 aliphatic rings. The molecular weight excluding hydrogens is 136 g/mol. The van der Waals surface area contributed by atoms with Gasteiger partial charge in [-0.15, -0.1) is 0 Å². The molecule has 0 aromatic heterocycles. The molecular formula is C6H11O4. The first-order valence-corrected chi connectivity index (χ1v) is 2.79. The summed E-state index contributed by atoms with van der Waals surface area (Å²) in [5, 5.41) is 0. The van der Waals surface area contributed by atoms with Crippen LogP contribution in [0, 0.1) is 6.61 Å². The van der Waals surface area contributed by atoms with Crippen molar-refractivity contribution in [1.82, 2.24) is 0 Å². The van der Waals surface area contributed by atoms with E-state index in [2.05, 4.69) is 9.47 Å². The van der Waals surface area contributed by atoms with Crippen LogP contribution in [0.1, 0.15) is 0 Å². The van der Waals surface area contributed by atoms with Gasteiger partial charge in [0.2, 0.25) is 0 Å². The van der Waals surface area contributed by atoms with Gasteiger partial charge in [-0.25, -0.2) is 0 Å². The molecule has 0 saturated carbocycles. The molecule has 0 aromatic carbocycles. The van der Waals surface area contributed by atoms with Crippen molar-refractivity contribution in [3.8, 4) is 0 Å². The van der Waals surface area contributed by atoms with Gasteiger partial charge in [-0.1, -0.05) is 0 Å². The topological polar surface area (TPSA) is 44.8 Å². The summed E-state index contributed by atoms with van der Waals surface area (Å²) in [5.74, 6) is 0. The summed E-state index contributed by atoms with van der Waals surface area (Å²) in [6.45, 7) is 2.01. The lowest BCUT2D eigenvalue weighted by Crippen LogP contribution is -2.19. The second-order valence-electron chi connectivity index (χ2n) is 1.58. The summed E-state index contributed by atoms with van der Waals surface area (Å²) in [4.78, 5) is 9.70. The highest BCUT2D eigenvalue weighted by atomic mass is 16.6. The van der Waals surface area contributed by atoms with Gasteiger partial charge in [0.1, 0.15) is 19.3 Å². The van der Waals surface area contributed by atoms with Crippen LogP contribution in [0.25, 0.3) is 0 Å². The fourth-order valence-corrected chi connectivity index (χ4v) is 0.449. The van der Waals surface area contributed by atoms with Crippen molar-refractivity contribution >= 4 is 6.47 Å². The van der Waals surface area contributed by atoms with Crippen LogP contribution in [0.2, 0.25) is 0 Å². The minimum absolute atomic E-state index is 0.188. The van der Waals surface area contributed by atoms with Gasteiger partial charge in [-0.3, -0.25) is 4.79 Å². The van der Waals surface area contributed by atoms with E-state index in [0.717, 1.165) is 0 Å². The molecule has 10 heavy (non-hydrogen) atoms. The third kappa shape index (κ3) is 4.29. The van der Waals surface area contributed by atoms with Crippen LogP contribution in [0.5, 0.6) is 0 Å². The molecule has 0 aromatic rings. The van der Waals surface area contributed by atoms with Crippen LogP contribution in [-0.4, -0.2) is 33.4 Å². The number of carbonyl (C=O) groups is 1. The molecule has 0 amide bonds. The lowest BCUT2D eigenvalue weighted by Gasteiger charge is -2.10. The van der Waals surface area contributed by atoms with Crippen LogP contribution in [0.15, 0.2) is 0 Å². The molecule has 0 N–H and O–H groups in total. The molecule has 0 rings (SSSR count). The van der Waals surface area contributed by atoms with Gasteiger partial charge < -0.3 is 14.2 Å². The van der Waals surface area contributed by atoms with Crippen molar-refractivity contribution in [3.05, 3.63) is 6.61 Å². The lowest BCUT2D eigenvalue weighted by atomic mass is 10.4. The molecule has 1 unspecified atom stereocenters. The molecule has 0 bridgehead atoms. The maximum Gasteiger partial charge on any atom is 0.293 e. The van der Waals surface area contributed by atoms with E-state index >= 15 is 0 Å². The van der Waals surface area contributed by atoms with E-state index in [0.29, 0.717) is 6.47 Å². The average molecular weight is 147 g/mol. The Balaban J connectivity index is 3.29. The van der Waals surface area contributed by atoms with E-state index < -0.39 is 0 Å². The predicted octanol–water partition coefficient (Wildman–Crippen LogP) is -0.0174. The lowest BCUT2D eigenvalue weighted by molar-refractivity contribution is -0.132. The molecule has 4 nitrogen and oxygen atoms in total. The first-order chi connectivity index (χ1) is 4.85. The van der Waals surface area contributed by atoms with Gasteiger partial charge in [0.05, 0.1) is 0 Å². The van der Waals surface area contributed by atoms with Crippen molar-refractivity contribution in [3.63, 3.8) is 0 Å². The quantitative estimate of drug-likeness (QED) is 0.495. The Hall–Kier alpha value is -0.610. The number of rotatable bonds is 6. The van der Waals surface area contributed by atoms with Crippen LogP contribution < -0.4 is 0 Å². The maximum atomic E-state index is 9.70. The van der Waals surface area contributed by atoms with Gasteiger partial charge in [0.25, 0.3) is 6.47 Å². The summed E-state index contributed by atoms with van der Waals surface area (Å²) in [6.07, 6.45) is -0.282. The van der Waals surface area contributed by atoms with Gasteiger partial charge in [0, 0.05) is 14.2 Å². The number of ether oxygens (including phenoxy) is 3. The van der Waals surface area contributed by atoms with E-state index in [1.165, 1.54) is 20.8 Å². The van der Waals surface area contributed by atoms with Crippen LogP contribution >= 0.6 is 0 Å². The number of hydrogen-bond donors (Lipinski definition) is 0. The number of carbonyl (C=O) groups excluding carboxylic acids is 1. The third-order valence-corrected chi connectivity index (χ3v) is 0.919. The first-order valence-electron chi connectivity index (χ1n) is 2.79. The Kier molecular flexibility index (Phi) is 6.11. The predicted molar refractivity (Wildman–Crippen MR) is 34.1 cm³/mol. The smallest absolute Gasteiger partial charge is 0.293 e. The van der Waals surface area contributed by atoms with E-state index in [4.69, 9.17) is 4.74 Å². The molecule has 1 atom stereocenters. The zero-order chi connectivity index (χ0) is 7.82. The van der Waals surface area contributed by atoms with Crippen molar-refractivity contribution in [1.29, 1.82) is 0 Å². The highest BCUT2D eigenvalue weighted by molar-refractivity contribution is 5.36. The molecule has 4 heteroatoms. The number of hydrogen-bond acceptors (Lipinski definition) is 4. The summed E-state index contributed by atoms with van der Waals surface area (Å²) in [5.41, 5.74) is 0. The molecule has 0 fully saturated rings. The van der Waals surface area contributed by atoms with E-state index in [9.17, 15) is 4.79 Å². The van der Waals surface area contributed by atoms with Gasteiger partial charge in [-0.2, -0.15) is 0 Å². The van der Waals surface area contributed by atoms with Crippen molar-refractivity contribution in [2.45, 2.75) is 6.10 Å². The molecule has 0 aliphatic carbocycles. The second-order valence-corrected chi connectivity index (χ2v) is 1.58. The number of methoxy groups -OCH3 is 2. The average Bonchev–Trinajstić information content (AvgIpc) is 1.98. The van der Waals surface area contributed by atoms with Crippen molar-refractivity contribution in [2.24, 2.45) is 0 Å². The van der Waals surface area contributed by atoms with Gasteiger partial charge in [-0.05, 0) is 0 Å². The van der Waals surface area contributed by atoms with Crippen LogP contribution in [-0.2, 0) is 19.0 Å². The van der Waals surface area contributed by atoms with E-state index in [1.807, 2.05) is 0 Å². The Morgan fingerprint density at radius 3 is 2.60 bits per heavy atom. The van der Waals surface area contributed by atoms with Crippen molar-refractivity contribution < 1.29 is 19.0 Å². The highest BCUT2D eigenvalue weighted by Gasteiger charge is 2.06. The SMILES string of the molecule is CO[CH]C(COC=O)OC. The van der Waals surface area contributed by atoms with Crippen LogP contribution in [0.3, 0.4) is 0 Å². The summed E-state index contributed by atoms with van der Waals surface area (Å²) < 4.78 is 13.9. The molecule has 59 valence electrons. The molecule has 1 radical (unpaired) electrons. The van der Waals surface area contributed by atoms with E-state index in [-0.39, 0.29) is 12.7 Å². The van der Waals surface area contributed by atoms with Gasteiger partial charge in [0.15, 0.2) is 0 Å². The zero-order valence-corrected chi connectivity index (χ0v) is 6.07. The fourth-order valence-electron chi connectivity index (χ4n) is 0.449. The summed E-state index contributed by atoms with van der Waals surface area (Å²) >= 11 is 0. The normalized spacial score (nSPS) is 12.6. The standard InChI is InChI=1S/C6H11O4/c1-8-3-6(9-2)4-10-5-7/h3,5-6H,4H2,1-2H3. The Morgan fingerprint density at radius 2 is 2.20 bits per heavy atom. The largest absolute Gasteiger partial charge is 0.465 e. The van der Waals surface area contributed by atoms with Gasteiger partial charge >= 0.3 is 0 Å². The molecule has 0 heterocycles. The molecule has 0 spiro atoms. The minimum atomic E-state index is -0.282. The molecule has 0 aliphatic heterocycles. The fraction of sp³-hybridized carbons (Fsp3) is 0.667. The Bertz CT molecular complexity index is 83.8. The maximum absolute atomic E-state index is 9.70. The first kappa shape index (κ1) is 9.39. The van der Waals surface area contributed by atoms with Crippen LogP contribution in [0.4, 0.5) is 0 Å². The Morgan fingerprint density at radius 1 is 1.50 bits per heavy atom.